The molecule has 0 N–H and O–H groups in total. The zero-order valence-electron chi connectivity index (χ0n) is 12.9. The average molecular weight is 333 g/mol. The van der Waals surface area contributed by atoms with E-state index in [-0.39, 0.29) is 12.2 Å². The number of esters is 1. The first kappa shape index (κ1) is 17.0. The second-order valence-corrected chi connectivity index (χ2v) is 5.47. The number of ketones is 1. The monoisotopic (exact) mass is 332 g/mol. The van der Waals surface area contributed by atoms with Gasteiger partial charge in [-0.05, 0) is 36.8 Å². The SMILES string of the molecule is COc1ccc(CC(=O)OC(C)C(=O)c2cccc(Cl)c2)cc1. The predicted octanol–water partition coefficient (Wildman–Crippen LogP) is 3.71. The normalized spacial score (nSPS) is 11.6. The lowest BCUT2D eigenvalue weighted by molar-refractivity contribution is -0.145. The fourth-order valence-electron chi connectivity index (χ4n) is 2.08. The Morgan fingerprint density at radius 1 is 1.13 bits per heavy atom. The average Bonchev–Trinajstić information content (AvgIpc) is 2.54. The van der Waals surface area contributed by atoms with Crippen LogP contribution >= 0.6 is 11.6 Å². The Morgan fingerprint density at radius 3 is 2.43 bits per heavy atom. The second kappa shape index (κ2) is 7.79. The highest BCUT2D eigenvalue weighted by Gasteiger charge is 2.19. The van der Waals surface area contributed by atoms with Crippen LogP contribution in [-0.2, 0) is 16.0 Å². The summed E-state index contributed by atoms with van der Waals surface area (Å²) < 4.78 is 10.3. The van der Waals surface area contributed by atoms with Crippen molar-refractivity contribution in [1.29, 1.82) is 0 Å². The third-order valence-electron chi connectivity index (χ3n) is 3.29. The van der Waals surface area contributed by atoms with Crippen LogP contribution in [0.15, 0.2) is 48.5 Å². The first-order valence-corrected chi connectivity index (χ1v) is 7.49. The quantitative estimate of drug-likeness (QED) is 0.598. The van der Waals surface area contributed by atoms with Crippen LogP contribution < -0.4 is 4.74 Å². The van der Waals surface area contributed by atoms with Gasteiger partial charge in [-0.2, -0.15) is 0 Å². The van der Waals surface area contributed by atoms with Gasteiger partial charge < -0.3 is 9.47 Å². The minimum absolute atomic E-state index is 0.0944. The molecule has 0 amide bonds. The highest BCUT2D eigenvalue weighted by Crippen LogP contribution is 2.15. The van der Waals surface area contributed by atoms with Crippen LogP contribution in [0.3, 0.4) is 0 Å². The Kier molecular flexibility index (Phi) is 5.77. The molecule has 0 aliphatic carbocycles. The van der Waals surface area contributed by atoms with Crippen LogP contribution in [0.4, 0.5) is 0 Å². The van der Waals surface area contributed by atoms with Gasteiger partial charge in [0.2, 0.25) is 5.78 Å². The van der Waals surface area contributed by atoms with Crippen molar-refractivity contribution in [2.45, 2.75) is 19.4 Å². The Hall–Kier alpha value is -2.33. The van der Waals surface area contributed by atoms with Gasteiger partial charge >= 0.3 is 5.97 Å². The van der Waals surface area contributed by atoms with Crippen molar-refractivity contribution in [2.75, 3.05) is 7.11 Å². The minimum Gasteiger partial charge on any atom is -0.497 e. The smallest absolute Gasteiger partial charge is 0.310 e. The summed E-state index contributed by atoms with van der Waals surface area (Å²) in [5.41, 5.74) is 1.21. The summed E-state index contributed by atoms with van der Waals surface area (Å²) in [6.45, 7) is 1.55. The molecule has 0 aliphatic rings. The molecule has 1 atom stereocenters. The van der Waals surface area contributed by atoms with Gasteiger partial charge in [0.15, 0.2) is 6.10 Å². The van der Waals surface area contributed by atoms with E-state index in [2.05, 4.69) is 0 Å². The number of benzene rings is 2. The van der Waals surface area contributed by atoms with E-state index in [1.54, 1.807) is 62.6 Å². The van der Waals surface area contributed by atoms with Crippen molar-refractivity contribution in [1.82, 2.24) is 0 Å². The standard InChI is InChI=1S/C18H17ClO4/c1-12(18(21)14-4-3-5-15(19)11-14)23-17(20)10-13-6-8-16(22-2)9-7-13/h3-9,11-12H,10H2,1-2H3. The largest absolute Gasteiger partial charge is 0.497 e. The number of carbonyl (C=O) groups is 2. The van der Waals surface area contributed by atoms with E-state index in [4.69, 9.17) is 21.1 Å². The van der Waals surface area contributed by atoms with Crippen molar-refractivity contribution < 1.29 is 19.1 Å². The maximum atomic E-state index is 12.2. The molecule has 2 aromatic carbocycles. The lowest BCUT2D eigenvalue weighted by Crippen LogP contribution is -2.25. The summed E-state index contributed by atoms with van der Waals surface area (Å²) in [6, 6.07) is 13.7. The zero-order chi connectivity index (χ0) is 16.8. The summed E-state index contributed by atoms with van der Waals surface area (Å²) in [4.78, 5) is 24.2. The van der Waals surface area contributed by atoms with Gasteiger partial charge in [0.1, 0.15) is 5.75 Å². The van der Waals surface area contributed by atoms with E-state index in [0.29, 0.717) is 16.3 Å². The fourth-order valence-corrected chi connectivity index (χ4v) is 2.27. The van der Waals surface area contributed by atoms with Crippen LogP contribution in [0.25, 0.3) is 0 Å². The number of halogens is 1. The van der Waals surface area contributed by atoms with Gasteiger partial charge in [0.25, 0.3) is 0 Å². The van der Waals surface area contributed by atoms with Gasteiger partial charge in [-0.3, -0.25) is 9.59 Å². The van der Waals surface area contributed by atoms with Crippen LogP contribution in [0, 0.1) is 0 Å². The van der Waals surface area contributed by atoms with Gasteiger partial charge in [-0.25, -0.2) is 0 Å². The summed E-state index contributed by atoms with van der Waals surface area (Å²) in [7, 11) is 1.58. The van der Waals surface area contributed by atoms with Gasteiger partial charge in [-0.15, -0.1) is 0 Å². The highest BCUT2D eigenvalue weighted by molar-refractivity contribution is 6.31. The third kappa shape index (κ3) is 4.83. The molecule has 0 saturated carbocycles. The molecule has 0 aliphatic heterocycles. The van der Waals surface area contributed by atoms with E-state index in [1.165, 1.54) is 0 Å². The van der Waals surface area contributed by atoms with Crippen molar-refractivity contribution in [3.63, 3.8) is 0 Å². The maximum absolute atomic E-state index is 12.2. The summed E-state index contributed by atoms with van der Waals surface area (Å²) >= 11 is 5.86. The lowest BCUT2D eigenvalue weighted by Gasteiger charge is -2.12. The van der Waals surface area contributed by atoms with E-state index in [9.17, 15) is 9.59 Å². The van der Waals surface area contributed by atoms with Crippen molar-refractivity contribution >= 4 is 23.4 Å². The number of carbonyl (C=O) groups excluding carboxylic acids is 2. The molecule has 1 unspecified atom stereocenters. The van der Waals surface area contributed by atoms with E-state index in [1.807, 2.05) is 0 Å². The summed E-state index contributed by atoms with van der Waals surface area (Å²) in [5, 5.41) is 0.465. The van der Waals surface area contributed by atoms with Crippen molar-refractivity contribution in [3.8, 4) is 5.75 Å². The molecule has 0 radical (unpaired) electrons. The summed E-state index contributed by atoms with van der Waals surface area (Å²) in [5.74, 6) is -0.0276. The van der Waals surface area contributed by atoms with Gasteiger partial charge in [-0.1, -0.05) is 35.9 Å². The molecule has 23 heavy (non-hydrogen) atoms. The zero-order valence-corrected chi connectivity index (χ0v) is 13.7. The van der Waals surface area contributed by atoms with Crippen LogP contribution in [0.5, 0.6) is 5.75 Å². The number of rotatable bonds is 6. The minimum atomic E-state index is -0.862. The summed E-state index contributed by atoms with van der Waals surface area (Å²) in [6.07, 6.45) is -0.767. The molecule has 0 spiro atoms. The molecule has 4 nitrogen and oxygen atoms in total. The molecule has 0 bridgehead atoms. The topological polar surface area (TPSA) is 52.6 Å². The number of hydrogen-bond donors (Lipinski definition) is 0. The second-order valence-electron chi connectivity index (χ2n) is 5.03. The van der Waals surface area contributed by atoms with Gasteiger partial charge in [0, 0.05) is 10.6 Å². The molecule has 5 heteroatoms. The molecule has 2 rings (SSSR count). The maximum Gasteiger partial charge on any atom is 0.310 e. The Labute approximate surface area is 140 Å². The van der Waals surface area contributed by atoms with Crippen LogP contribution in [0.2, 0.25) is 5.02 Å². The molecule has 0 fully saturated rings. The molecule has 0 heterocycles. The Bertz CT molecular complexity index is 694. The highest BCUT2D eigenvalue weighted by atomic mass is 35.5. The van der Waals surface area contributed by atoms with E-state index in [0.717, 1.165) is 5.56 Å². The first-order chi connectivity index (χ1) is 11.0. The van der Waals surface area contributed by atoms with E-state index >= 15 is 0 Å². The first-order valence-electron chi connectivity index (χ1n) is 7.12. The number of ether oxygens (including phenoxy) is 2. The van der Waals surface area contributed by atoms with Crippen LogP contribution in [0.1, 0.15) is 22.8 Å². The lowest BCUT2D eigenvalue weighted by atomic mass is 10.1. The molecule has 0 saturated heterocycles. The van der Waals surface area contributed by atoms with Gasteiger partial charge in [0.05, 0.1) is 13.5 Å². The molecular weight excluding hydrogens is 316 g/mol. The van der Waals surface area contributed by atoms with E-state index < -0.39 is 12.1 Å². The Morgan fingerprint density at radius 2 is 1.83 bits per heavy atom. The molecule has 0 aromatic heterocycles. The van der Waals surface area contributed by atoms with Crippen LogP contribution in [-0.4, -0.2) is 25.0 Å². The van der Waals surface area contributed by atoms with Crippen molar-refractivity contribution in [3.05, 3.63) is 64.7 Å². The fraction of sp³-hybridized carbons (Fsp3) is 0.222. The predicted molar refractivity (Wildman–Crippen MR) is 88.0 cm³/mol. The molecule has 2 aromatic rings. The molecular formula is C18H17ClO4. The third-order valence-corrected chi connectivity index (χ3v) is 3.53. The number of hydrogen-bond acceptors (Lipinski definition) is 4. The molecule has 120 valence electrons. The number of Topliss-reactive ketones (excluding diaryl/α,β-unsaturated/α-hetero) is 1. The Balaban J connectivity index is 1.94. The number of methoxy groups -OCH3 is 1. The van der Waals surface area contributed by atoms with Crippen molar-refractivity contribution in [2.24, 2.45) is 0 Å².